The number of nitrogens with zero attached hydrogens (tertiary/aromatic N) is 1. The van der Waals surface area contributed by atoms with Gasteiger partial charge in [0.15, 0.2) is 0 Å². The highest BCUT2D eigenvalue weighted by Crippen LogP contribution is 2.34. The predicted molar refractivity (Wildman–Crippen MR) is 82.3 cm³/mol. The molecule has 1 amide bonds. The molecule has 2 N–H and O–H groups in total. The van der Waals surface area contributed by atoms with Gasteiger partial charge in [-0.15, -0.1) is 0 Å². The molecule has 1 unspecified atom stereocenters. The molecule has 0 saturated carbocycles. The third-order valence-corrected chi connectivity index (χ3v) is 3.69. The van der Waals surface area contributed by atoms with Crippen LogP contribution < -0.4 is 15.5 Å². The molecule has 2 heterocycles. The number of carbonyl (C=O) groups excluding carboxylic acids is 1. The predicted octanol–water partition coefficient (Wildman–Crippen LogP) is 2.52. The van der Waals surface area contributed by atoms with Crippen LogP contribution in [0.25, 0.3) is 0 Å². The molecule has 1 aliphatic rings. The summed E-state index contributed by atoms with van der Waals surface area (Å²) in [6, 6.07) is 9.64. The third kappa shape index (κ3) is 2.64. The summed E-state index contributed by atoms with van der Waals surface area (Å²) >= 11 is 0. The van der Waals surface area contributed by atoms with Crippen molar-refractivity contribution in [2.45, 2.75) is 19.5 Å². The summed E-state index contributed by atoms with van der Waals surface area (Å²) < 4.78 is 5.36. The Morgan fingerprint density at radius 1 is 1.38 bits per heavy atom. The van der Waals surface area contributed by atoms with E-state index in [-0.39, 0.29) is 11.9 Å². The van der Waals surface area contributed by atoms with Crippen LogP contribution in [0, 0.1) is 0 Å². The summed E-state index contributed by atoms with van der Waals surface area (Å²) in [6.07, 6.45) is 1.67. The van der Waals surface area contributed by atoms with Gasteiger partial charge in [-0.2, -0.15) is 0 Å². The van der Waals surface area contributed by atoms with Crippen LogP contribution in [0.3, 0.4) is 0 Å². The van der Waals surface area contributed by atoms with Crippen molar-refractivity contribution < 1.29 is 9.21 Å². The molecule has 2 aromatic rings. The van der Waals surface area contributed by atoms with Gasteiger partial charge in [0, 0.05) is 24.0 Å². The van der Waals surface area contributed by atoms with Crippen LogP contribution in [0.15, 0.2) is 41.0 Å². The number of rotatable bonds is 5. The monoisotopic (exact) mass is 285 g/mol. The average molecular weight is 285 g/mol. The van der Waals surface area contributed by atoms with Crippen LogP contribution in [0.5, 0.6) is 0 Å². The zero-order chi connectivity index (χ0) is 14.8. The molecule has 0 saturated heterocycles. The average Bonchev–Trinajstić information content (AvgIpc) is 3.07. The van der Waals surface area contributed by atoms with Crippen LogP contribution in [0.2, 0.25) is 0 Å². The standard InChI is InChI=1S/C16H19N3O2/c1-3-17-15-13-7-6-11(9-14(13)18-16(15)20)19(2)10-12-5-4-8-21-12/h4-9,15,17H,3,10H2,1-2H3,(H,18,20). The van der Waals surface area contributed by atoms with Gasteiger partial charge in [-0.3, -0.25) is 4.79 Å². The molecule has 0 aliphatic carbocycles. The van der Waals surface area contributed by atoms with Crippen LogP contribution in [-0.2, 0) is 11.3 Å². The van der Waals surface area contributed by atoms with E-state index in [0.29, 0.717) is 6.54 Å². The SMILES string of the molecule is CCNC1C(=O)Nc2cc(N(C)Cc3ccco3)ccc21. The minimum atomic E-state index is -0.241. The second-order valence-electron chi connectivity index (χ2n) is 5.19. The van der Waals surface area contributed by atoms with Crippen molar-refractivity contribution in [1.82, 2.24) is 5.32 Å². The van der Waals surface area contributed by atoms with E-state index in [0.717, 1.165) is 29.2 Å². The number of benzene rings is 1. The number of amides is 1. The molecule has 3 rings (SSSR count). The van der Waals surface area contributed by atoms with Gasteiger partial charge in [-0.1, -0.05) is 13.0 Å². The molecule has 0 spiro atoms. The van der Waals surface area contributed by atoms with Crippen molar-refractivity contribution in [2.75, 3.05) is 23.8 Å². The Morgan fingerprint density at radius 2 is 2.24 bits per heavy atom. The summed E-state index contributed by atoms with van der Waals surface area (Å²) in [7, 11) is 2.00. The van der Waals surface area contributed by atoms with E-state index < -0.39 is 0 Å². The molecule has 21 heavy (non-hydrogen) atoms. The molecule has 1 aromatic heterocycles. The fraction of sp³-hybridized carbons (Fsp3) is 0.312. The summed E-state index contributed by atoms with van der Waals surface area (Å²) in [5.41, 5.74) is 2.94. The van der Waals surface area contributed by atoms with Gasteiger partial charge >= 0.3 is 0 Å². The number of nitrogens with one attached hydrogen (secondary N) is 2. The Bertz CT molecular complexity index is 637. The number of anilines is 2. The van der Waals surface area contributed by atoms with Crippen molar-refractivity contribution >= 4 is 17.3 Å². The first-order valence-corrected chi connectivity index (χ1v) is 7.10. The number of hydrogen-bond acceptors (Lipinski definition) is 4. The summed E-state index contributed by atoms with van der Waals surface area (Å²) in [5, 5.41) is 6.13. The van der Waals surface area contributed by atoms with E-state index in [1.54, 1.807) is 6.26 Å². The first-order valence-electron chi connectivity index (χ1n) is 7.10. The molecule has 1 atom stereocenters. The van der Waals surface area contributed by atoms with Gasteiger partial charge < -0.3 is 20.0 Å². The van der Waals surface area contributed by atoms with Crippen LogP contribution in [-0.4, -0.2) is 19.5 Å². The Morgan fingerprint density at radius 3 is 2.95 bits per heavy atom. The maximum atomic E-state index is 12.0. The largest absolute Gasteiger partial charge is 0.467 e. The lowest BCUT2D eigenvalue weighted by atomic mass is 10.1. The van der Waals surface area contributed by atoms with E-state index in [4.69, 9.17) is 4.42 Å². The Labute approximate surface area is 123 Å². The number of hydrogen-bond donors (Lipinski definition) is 2. The second kappa shape index (κ2) is 5.61. The van der Waals surface area contributed by atoms with E-state index in [2.05, 4.69) is 15.5 Å². The van der Waals surface area contributed by atoms with Gasteiger partial charge in [0.2, 0.25) is 5.91 Å². The van der Waals surface area contributed by atoms with E-state index >= 15 is 0 Å². The third-order valence-electron chi connectivity index (χ3n) is 3.69. The number of furan rings is 1. The molecule has 5 heteroatoms. The van der Waals surface area contributed by atoms with Crippen molar-refractivity contribution in [3.8, 4) is 0 Å². The highest BCUT2D eigenvalue weighted by Gasteiger charge is 2.29. The van der Waals surface area contributed by atoms with Crippen molar-refractivity contribution in [3.05, 3.63) is 47.9 Å². The minimum Gasteiger partial charge on any atom is -0.467 e. The summed E-state index contributed by atoms with van der Waals surface area (Å²) in [4.78, 5) is 14.0. The smallest absolute Gasteiger partial charge is 0.246 e. The second-order valence-corrected chi connectivity index (χ2v) is 5.19. The highest BCUT2D eigenvalue weighted by atomic mass is 16.3. The molecular weight excluding hydrogens is 266 g/mol. The zero-order valence-electron chi connectivity index (χ0n) is 12.2. The normalized spacial score (nSPS) is 16.7. The fourth-order valence-electron chi connectivity index (χ4n) is 2.62. The topological polar surface area (TPSA) is 57.5 Å². The molecule has 0 fully saturated rings. The Kier molecular flexibility index (Phi) is 3.66. The van der Waals surface area contributed by atoms with E-state index in [9.17, 15) is 4.79 Å². The molecule has 110 valence electrons. The van der Waals surface area contributed by atoms with Crippen LogP contribution in [0.1, 0.15) is 24.3 Å². The summed E-state index contributed by atoms with van der Waals surface area (Å²) in [6.45, 7) is 3.45. The summed E-state index contributed by atoms with van der Waals surface area (Å²) in [5.74, 6) is 0.922. The van der Waals surface area contributed by atoms with Crippen molar-refractivity contribution in [2.24, 2.45) is 0 Å². The van der Waals surface area contributed by atoms with Crippen LogP contribution in [0.4, 0.5) is 11.4 Å². The van der Waals surface area contributed by atoms with Gasteiger partial charge in [0.1, 0.15) is 11.8 Å². The Hall–Kier alpha value is -2.27. The van der Waals surface area contributed by atoms with Crippen molar-refractivity contribution in [3.63, 3.8) is 0 Å². The van der Waals surface area contributed by atoms with Crippen molar-refractivity contribution in [1.29, 1.82) is 0 Å². The lowest BCUT2D eigenvalue weighted by molar-refractivity contribution is -0.117. The Balaban J connectivity index is 1.80. The highest BCUT2D eigenvalue weighted by molar-refractivity contribution is 6.03. The first-order chi connectivity index (χ1) is 10.2. The lowest BCUT2D eigenvalue weighted by Gasteiger charge is -2.19. The molecule has 1 aromatic carbocycles. The zero-order valence-corrected chi connectivity index (χ0v) is 12.2. The molecular formula is C16H19N3O2. The lowest BCUT2D eigenvalue weighted by Crippen LogP contribution is -2.27. The minimum absolute atomic E-state index is 0.0117. The maximum Gasteiger partial charge on any atom is 0.246 e. The van der Waals surface area contributed by atoms with Gasteiger partial charge in [-0.25, -0.2) is 0 Å². The first kappa shape index (κ1) is 13.7. The maximum absolute atomic E-state index is 12.0. The van der Waals surface area contributed by atoms with Crippen LogP contribution >= 0.6 is 0 Å². The van der Waals surface area contributed by atoms with E-state index in [1.165, 1.54) is 0 Å². The molecule has 1 aliphatic heterocycles. The molecule has 0 radical (unpaired) electrons. The molecule has 0 bridgehead atoms. The molecule has 5 nitrogen and oxygen atoms in total. The number of fused-ring (bicyclic) bond motifs is 1. The number of carbonyl (C=O) groups is 1. The van der Waals surface area contributed by atoms with Gasteiger partial charge in [-0.05, 0) is 30.8 Å². The van der Waals surface area contributed by atoms with E-state index in [1.807, 2.05) is 44.3 Å². The van der Waals surface area contributed by atoms with Gasteiger partial charge in [0.25, 0.3) is 0 Å². The van der Waals surface area contributed by atoms with Gasteiger partial charge in [0.05, 0.1) is 12.8 Å². The number of likely N-dealkylation sites (N-methyl/N-ethyl adjacent to an activating group) is 1. The quantitative estimate of drug-likeness (QED) is 0.886. The fourth-order valence-corrected chi connectivity index (χ4v) is 2.62.